The number of nitrogens with one attached hydrogen (secondary N) is 1. The van der Waals surface area contributed by atoms with Crippen molar-refractivity contribution in [2.24, 2.45) is 0 Å². The molecule has 6 heteroatoms. The van der Waals surface area contributed by atoms with E-state index in [0.717, 1.165) is 10.5 Å². The number of rotatable bonds is 6. The molecule has 0 fully saturated rings. The summed E-state index contributed by atoms with van der Waals surface area (Å²) in [5, 5.41) is 13.2. The van der Waals surface area contributed by atoms with Crippen LogP contribution in [0.4, 0.5) is 5.69 Å². The summed E-state index contributed by atoms with van der Waals surface area (Å²) in [5.74, 6) is -0.0612. The van der Waals surface area contributed by atoms with Gasteiger partial charge in [-0.15, -0.1) is 11.8 Å². The predicted octanol–water partition coefficient (Wildman–Crippen LogP) is 3.70. The molecule has 0 bridgehead atoms. The van der Waals surface area contributed by atoms with Crippen LogP contribution in [0.3, 0.4) is 0 Å². The number of amides is 1. The number of nitrogens with zero attached hydrogens (tertiary/aromatic N) is 1. The number of carbonyl (C=O) groups is 1. The Kier molecular flexibility index (Phi) is 5.76. The van der Waals surface area contributed by atoms with Gasteiger partial charge in [0.15, 0.2) is 0 Å². The van der Waals surface area contributed by atoms with Crippen LogP contribution in [0.15, 0.2) is 53.4 Å². The fraction of sp³-hybridized carbons (Fsp3) is 0.235. The molecular weight excluding hydrogens is 312 g/mol. The van der Waals surface area contributed by atoms with E-state index in [2.05, 4.69) is 5.32 Å². The third kappa shape index (κ3) is 5.10. The summed E-state index contributed by atoms with van der Waals surface area (Å²) in [6.45, 7) is 4.33. The maximum Gasteiger partial charge on any atom is 0.269 e. The smallest absolute Gasteiger partial charge is 0.269 e. The van der Waals surface area contributed by atoms with Crippen LogP contribution in [0.1, 0.15) is 18.1 Å². The van der Waals surface area contributed by atoms with Crippen molar-refractivity contribution in [1.29, 1.82) is 0 Å². The van der Waals surface area contributed by atoms with E-state index in [1.165, 1.54) is 29.5 Å². The lowest BCUT2D eigenvalue weighted by Gasteiger charge is -2.12. The van der Waals surface area contributed by atoms with E-state index in [-0.39, 0.29) is 16.8 Å². The molecule has 1 atom stereocenters. The monoisotopic (exact) mass is 330 g/mol. The van der Waals surface area contributed by atoms with Crippen LogP contribution in [-0.2, 0) is 11.3 Å². The lowest BCUT2D eigenvalue weighted by Crippen LogP contribution is -2.30. The van der Waals surface area contributed by atoms with Crippen LogP contribution in [-0.4, -0.2) is 16.1 Å². The largest absolute Gasteiger partial charge is 0.351 e. The summed E-state index contributed by atoms with van der Waals surface area (Å²) in [7, 11) is 0. The number of nitro benzene ring substituents is 1. The lowest BCUT2D eigenvalue weighted by atomic mass is 10.1. The van der Waals surface area contributed by atoms with Crippen LogP contribution >= 0.6 is 11.8 Å². The Morgan fingerprint density at radius 2 is 1.78 bits per heavy atom. The van der Waals surface area contributed by atoms with Gasteiger partial charge >= 0.3 is 0 Å². The van der Waals surface area contributed by atoms with E-state index in [0.29, 0.717) is 6.54 Å². The number of aryl methyl sites for hydroxylation is 1. The van der Waals surface area contributed by atoms with E-state index < -0.39 is 4.92 Å². The summed E-state index contributed by atoms with van der Waals surface area (Å²) < 4.78 is 0. The molecule has 0 aliphatic rings. The molecule has 23 heavy (non-hydrogen) atoms. The molecule has 2 rings (SSSR count). The van der Waals surface area contributed by atoms with Crippen LogP contribution < -0.4 is 5.32 Å². The lowest BCUT2D eigenvalue weighted by molar-refractivity contribution is -0.384. The van der Waals surface area contributed by atoms with Gasteiger partial charge in [-0.25, -0.2) is 0 Å². The average molecular weight is 330 g/mol. The number of benzene rings is 2. The van der Waals surface area contributed by atoms with Gasteiger partial charge in [0.25, 0.3) is 5.69 Å². The first-order valence-corrected chi connectivity index (χ1v) is 8.08. The minimum Gasteiger partial charge on any atom is -0.351 e. The summed E-state index contributed by atoms with van der Waals surface area (Å²) in [6, 6.07) is 14.2. The molecule has 5 nitrogen and oxygen atoms in total. The minimum atomic E-state index is -0.438. The maximum absolute atomic E-state index is 12.1. The quantitative estimate of drug-likeness (QED) is 0.498. The Bertz CT molecular complexity index is 684. The first kappa shape index (κ1) is 17.0. The van der Waals surface area contributed by atoms with Gasteiger partial charge in [0.2, 0.25) is 5.91 Å². The Morgan fingerprint density at radius 3 is 2.35 bits per heavy atom. The third-order valence-electron chi connectivity index (χ3n) is 3.32. The van der Waals surface area contributed by atoms with Gasteiger partial charge in [0.1, 0.15) is 0 Å². The SMILES string of the molecule is Cc1ccc(CNC(=O)C(C)Sc2ccc([N+](=O)[O-])cc2)cc1. The summed E-state index contributed by atoms with van der Waals surface area (Å²) in [5.41, 5.74) is 2.28. The first-order valence-electron chi connectivity index (χ1n) is 7.20. The third-order valence-corrected chi connectivity index (χ3v) is 4.43. The number of thioether (sulfide) groups is 1. The molecule has 0 aliphatic heterocycles. The van der Waals surface area contributed by atoms with Crippen molar-refractivity contribution in [3.63, 3.8) is 0 Å². The van der Waals surface area contributed by atoms with Gasteiger partial charge in [-0.2, -0.15) is 0 Å². The molecule has 0 saturated heterocycles. The highest BCUT2D eigenvalue weighted by Crippen LogP contribution is 2.25. The van der Waals surface area contributed by atoms with Crippen molar-refractivity contribution in [3.8, 4) is 0 Å². The van der Waals surface area contributed by atoms with Crippen LogP contribution in [0.2, 0.25) is 0 Å². The molecule has 2 aromatic rings. The van der Waals surface area contributed by atoms with E-state index >= 15 is 0 Å². The van der Waals surface area contributed by atoms with Crippen LogP contribution in [0, 0.1) is 17.0 Å². The highest BCUT2D eigenvalue weighted by molar-refractivity contribution is 8.00. The molecule has 2 aromatic carbocycles. The molecule has 0 radical (unpaired) electrons. The molecule has 0 saturated carbocycles. The summed E-state index contributed by atoms with van der Waals surface area (Å²) >= 11 is 1.38. The predicted molar refractivity (Wildman–Crippen MR) is 91.4 cm³/mol. The second-order valence-electron chi connectivity index (χ2n) is 5.21. The van der Waals surface area contributed by atoms with Crippen molar-refractivity contribution in [2.45, 2.75) is 30.5 Å². The van der Waals surface area contributed by atoms with Gasteiger partial charge < -0.3 is 5.32 Å². The van der Waals surface area contributed by atoms with Crippen molar-refractivity contribution >= 4 is 23.4 Å². The molecule has 1 unspecified atom stereocenters. The van der Waals surface area contributed by atoms with Crippen molar-refractivity contribution in [1.82, 2.24) is 5.32 Å². The Balaban J connectivity index is 1.86. The van der Waals surface area contributed by atoms with Gasteiger partial charge in [-0.3, -0.25) is 14.9 Å². The number of non-ortho nitro benzene ring substituents is 1. The highest BCUT2D eigenvalue weighted by atomic mass is 32.2. The van der Waals surface area contributed by atoms with E-state index in [1.807, 2.05) is 38.1 Å². The number of hydrogen-bond acceptors (Lipinski definition) is 4. The topological polar surface area (TPSA) is 72.2 Å². The maximum atomic E-state index is 12.1. The molecule has 0 aromatic heterocycles. The van der Waals surface area contributed by atoms with Gasteiger partial charge in [0, 0.05) is 23.6 Å². The molecular formula is C17H18N2O3S. The molecule has 120 valence electrons. The zero-order chi connectivity index (χ0) is 16.8. The molecule has 1 N–H and O–H groups in total. The molecule has 0 aliphatic carbocycles. The Morgan fingerprint density at radius 1 is 1.17 bits per heavy atom. The van der Waals surface area contributed by atoms with E-state index in [4.69, 9.17) is 0 Å². The van der Waals surface area contributed by atoms with E-state index in [9.17, 15) is 14.9 Å². The fourth-order valence-electron chi connectivity index (χ4n) is 1.94. The number of nitro groups is 1. The number of carbonyl (C=O) groups excluding carboxylic acids is 1. The summed E-state index contributed by atoms with van der Waals surface area (Å²) in [6.07, 6.45) is 0. The standard InChI is InChI=1S/C17H18N2O3S/c1-12-3-5-14(6-4-12)11-18-17(20)13(2)23-16-9-7-15(8-10-16)19(21)22/h3-10,13H,11H2,1-2H3,(H,18,20). The highest BCUT2D eigenvalue weighted by Gasteiger charge is 2.14. The first-order chi connectivity index (χ1) is 11.0. The van der Waals surface area contributed by atoms with Crippen LogP contribution in [0.25, 0.3) is 0 Å². The fourth-order valence-corrected chi connectivity index (χ4v) is 2.83. The minimum absolute atomic E-state index is 0.0471. The average Bonchev–Trinajstić information content (AvgIpc) is 2.54. The zero-order valence-corrected chi connectivity index (χ0v) is 13.8. The Hall–Kier alpha value is -2.34. The van der Waals surface area contributed by atoms with Crippen molar-refractivity contribution < 1.29 is 9.72 Å². The van der Waals surface area contributed by atoms with Crippen molar-refractivity contribution in [3.05, 3.63) is 69.8 Å². The molecule has 0 spiro atoms. The van der Waals surface area contributed by atoms with E-state index in [1.54, 1.807) is 12.1 Å². The Labute approximate surface area is 139 Å². The second-order valence-corrected chi connectivity index (χ2v) is 6.63. The molecule has 1 amide bonds. The van der Waals surface area contributed by atoms with Crippen LogP contribution in [0.5, 0.6) is 0 Å². The van der Waals surface area contributed by atoms with Crippen molar-refractivity contribution in [2.75, 3.05) is 0 Å². The molecule has 0 heterocycles. The number of hydrogen-bond donors (Lipinski definition) is 1. The normalized spacial score (nSPS) is 11.7. The second kappa shape index (κ2) is 7.78. The zero-order valence-electron chi connectivity index (χ0n) is 13.0. The van der Waals surface area contributed by atoms with Gasteiger partial charge in [-0.05, 0) is 31.5 Å². The van der Waals surface area contributed by atoms with Gasteiger partial charge in [-0.1, -0.05) is 29.8 Å². The summed E-state index contributed by atoms with van der Waals surface area (Å²) in [4.78, 5) is 23.1. The van der Waals surface area contributed by atoms with Gasteiger partial charge in [0.05, 0.1) is 10.2 Å².